The minimum atomic E-state index is -1.05. The summed E-state index contributed by atoms with van der Waals surface area (Å²) in [5, 5.41) is 23.0. The Morgan fingerprint density at radius 3 is 1.31 bits per heavy atom. The van der Waals surface area contributed by atoms with Gasteiger partial charge in [0.25, 0.3) is 0 Å². The zero-order chi connectivity index (χ0) is 24.7. The number of quaternary nitrogens is 2. The molecule has 1 aliphatic rings. The van der Waals surface area contributed by atoms with Crippen molar-refractivity contribution in [2.45, 2.75) is 37.1 Å². The maximum Gasteiger partial charge on any atom is 0.321 e. The predicted octanol–water partition coefficient (Wildman–Crippen LogP) is -7.03. The van der Waals surface area contributed by atoms with Crippen LogP contribution in [0.1, 0.15) is 11.1 Å². The fourth-order valence-electron chi connectivity index (χ4n) is 4.66. The number of aliphatic hydroxyl groups is 2. The molecule has 1 fully saturated rings. The van der Waals surface area contributed by atoms with E-state index in [1.165, 1.54) is 9.80 Å². The molecule has 4 atom stereocenters. The van der Waals surface area contributed by atoms with Crippen molar-refractivity contribution in [1.29, 1.82) is 0 Å². The maximum atomic E-state index is 14.1. The average molecular weight is 724 g/mol. The van der Waals surface area contributed by atoms with E-state index < -0.39 is 24.3 Å². The Labute approximate surface area is 250 Å². The van der Waals surface area contributed by atoms with E-state index >= 15 is 0 Å². The Bertz CT molecular complexity index is 818. The number of hydrogen-bond acceptors (Lipinski definition) is 3. The van der Waals surface area contributed by atoms with Crippen molar-refractivity contribution < 1.29 is 72.8 Å². The van der Waals surface area contributed by atoms with Crippen LogP contribution >= 0.6 is 0 Å². The molecule has 9 heteroatoms. The number of rotatable bonds is 10. The second kappa shape index (κ2) is 16.1. The highest BCUT2D eigenvalue weighted by atomic mass is 127. The van der Waals surface area contributed by atoms with Gasteiger partial charge in [-0.25, -0.2) is 4.79 Å². The van der Waals surface area contributed by atoms with Crippen LogP contribution in [0.5, 0.6) is 0 Å². The highest BCUT2D eigenvalue weighted by molar-refractivity contribution is 5.76. The molecule has 2 amide bonds. The molecule has 4 N–H and O–H groups in total. The second-order valence-corrected chi connectivity index (χ2v) is 10.1. The van der Waals surface area contributed by atoms with E-state index in [0.717, 1.165) is 24.2 Å². The standard InChI is InChI=1S/C27H40N4O3.2HI/c1-28(2)15-17-30-23(19-21-11-7-5-8-12-21)25(32)26(33)24(20-22-13-9-6-10-14-22)31(27(30)34)18-16-29(3)4;;/h5-14,23-26,32-33H,15-20H2,1-4H3;2*1H/t23-,24-,25+,26+;;/m1../s1. The van der Waals surface area contributed by atoms with Crippen LogP contribution in [0.25, 0.3) is 0 Å². The summed E-state index contributed by atoms with van der Waals surface area (Å²) in [7, 11) is 8.24. The molecule has 0 spiro atoms. The number of nitrogens with zero attached hydrogens (tertiary/aromatic N) is 2. The summed E-state index contributed by atoms with van der Waals surface area (Å²) in [5.41, 5.74) is 2.08. The summed E-state index contributed by atoms with van der Waals surface area (Å²) in [6, 6.07) is 18.7. The molecular formula is C27H42I2N4O3. The van der Waals surface area contributed by atoms with Crippen molar-refractivity contribution in [3.05, 3.63) is 71.8 Å². The third-order valence-corrected chi connectivity index (χ3v) is 6.71. The van der Waals surface area contributed by atoms with Gasteiger partial charge in [-0.2, -0.15) is 0 Å². The zero-order valence-corrected chi connectivity index (χ0v) is 26.1. The maximum absolute atomic E-state index is 14.1. The van der Waals surface area contributed by atoms with E-state index in [4.69, 9.17) is 0 Å². The van der Waals surface area contributed by atoms with Gasteiger partial charge in [0.1, 0.15) is 12.2 Å². The van der Waals surface area contributed by atoms with Crippen LogP contribution in [0, 0.1) is 0 Å². The number of carbonyl (C=O) groups is 1. The molecule has 0 bridgehead atoms. The molecule has 202 valence electrons. The van der Waals surface area contributed by atoms with Gasteiger partial charge in [-0.05, 0) is 24.0 Å². The Kier molecular flexibility index (Phi) is 14.8. The summed E-state index contributed by atoms with van der Waals surface area (Å²) in [5.74, 6) is 0. The van der Waals surface area contributed by atoms with Gasteiger partial charge >= 0.3 is 6.03 Å². The minimum absolute atomic E-state index is 0. The Morgan fingerprint density at radius 1 is 0.667 bits per heavy atom. The largest absolute Gasteiger partial charge is 1.00 e. The number of nitrogens with one attached hydrogen (secondary N) is 2. The highest BCUT2D eigenvalue weighted by Gasteiger charge is 2.46. The number of aliphatic hydroxyl groups excluding tert-OH is 2. The number of amides is 2. The first-order valence-electron chi connectivity index (χ1n) is 12.4. The van der Waals surface area contributed by atoms with E-state index in [9.17, 15) is 15.0 Å². The molecule has 0 aliphatic carbocycles. The second-order valence-electron chi connectivity index (χ2n) is 10.1. The molecule has 2 aromatic carbocycles. The van der Waals surface area contributed by atoms with Gasteiger partial charge < -0.3 is 77.8 Å². The molecule has 0 saturated carbocycles. The quantitative estimate of drug-likeness (QED) is 0.185. The molecule has 0 radical (unpaired) electrons. The number of hydrogen-bond donors (Lipinski definition) is 4. The van der Waals surface area contributed by atoms with Crippen LogP contribution in [-0.4, -0.2) is 105 Å². The fourth-order valence-corrected chi connectivity index (χ4v) is 4.66. The van der Waals surface area contributed by atoms with E-state index in [2.05, 4.69) is 28.2 Å². The lowest BCUT2D eigenvalue weighted by Crippen LogP contribution is -3.06. The van der Waals surface area contributed by atoms with Gasteiger partial charge in [0, 0.05) is 0 Å². The average Bonchev–Trinajstić information content (AvgIpc) is 2.88. The van der Waals surface area contributed by atoms with E-state index in [0.29, 0.717) is 25.9 Å². The SMILES string of the molecule is C[NH+](C)CCN1C(=O)N(CC[NH+](C)C)[C@H](Cc2ccccc2)[C@H](O)[C@@H](O)[C@H]1Cc1ccccc1.[I-].[I-]. The Morgan fingerprint density at radius 2 is 1.00 bits per heavy atom. The monoisotopic (exact) mass is 724 g/mol. The van der Waals surface area contributed by atoms with Crippen molar-refractivity contribution in [2.24, 2.45) is 0 Å². The van der Waals surface area contributed by atoms with Crippen LogP contribution in [0.2, 0.25) is 0 Å². The van der Waals surface area contributed by atoms with Crippen molar-refractivity contribution in [3.63, 3.8) is 0 Å². The van der Waals surface area contributed by atoms with Crippen LogP contribution in [0.3, 0.4) is 0 Å². The Balaban J connectivity index is 0.00000324. The van der Waals surface area contributed by atoms with Gasteiger partial charge in [-0.15, -0.1) is 0 Å². The summed E-state index contributed by atoms with van der Waals surface area (Å²) in [4.78, 5) is 20.2. The fraction of sp³-hybridized carbons (Fsp3) is 0.519. The zero-order valence-electron chi connectivity index (χ0n) is 21.8. The van der Waals surface area contributed by atoms with E-state index in [1.54, 1.807) is 0 Å². The summed E-state index contributed by atoms with van der Waals surface area (Å²) < 4.78 is 0. The summed E-state index contributed by atoms with van der Waals surface area (Å²) in [6.07, 6.45) is -1.10. The number of likely N-dealkylation sites (N-methyl/N-ethyl adjacent to an activating group) is 2. The van der Waals surface area contributed by atoms with Crippen LogP contribution in [-0.2, 0) is 12.8 Å². The number of halogens is 2. The van der Waals surface area contributed by atoms with Gasteiger partial charge in [-0.1, -0.05) is 60.7 Å². The van der Waals surface area contributed by atoms with Crippen LogP contribution in [0.15, 0.2) is 60.7 Å². The molecule has 1 aliphatic heterocycles. The summed E-state index contributed by atoms with van der Waals surface area (Å²) >= 11 is 0. The molecule has 2 aromatic rings. The van der Waals surface area contributed by atoms with Crippen LogP contribution in [0.4, 0.5) is 4.79 Å². The first-order chi connectivity index (χ1) is 16.3. The lowest BCUT2D eigenvalue weighted by Gasteiger charge is -2.35. The first kappa shape index (κ1) is 33.0. The van der Waals surface area contributed by atoms with Gasteiger partial charge in [0.2, 0.25) is 0 Å². The predicted molar refractivity (Wildman–Crippen MR) is 134 cm³/mol. The van der Waals surface area contributed by atoms with Crippen molar-refractivity contribution >= 4 is 6.03 Å². The molecule has 7 nitrogen and oxygen atoms in total. The topological polar surface area (TPSA) is 72.9 Å². The molecule has 3 rings (SSSR count). The number of carbonyl (C=O) groups excluding carboxylic acids is 1. The number of benzene rings is 2. The molecule has 1 heterocycles. The Hall–Kier alpha value is -0.990. The van der Waals surface area contributed by atoms with Gasteiger partial charge in [0.05, 0.1) is 66.5 Å². The smallest absolute Gasteiger partial charge is 0.321 e. The highest BCUT2D eigenvalue weighted by Crippen LogP contribution is 2.26. The first-order valence-corrected chi connectivity index (χ1v) is 12.4. The number of urea groups is 1. The van der Waals surface area contributed by atoms with Gasteiger partial charge in [0.15, 0.2) is 0 Å². The van der Waals surface area contributed by atoms with E-state index in [-0.39, 0.29) is 54.0 Å². The van der Waals surface area contributed by atoms with Crippen molar-refractivity contribution in [3.8, 4) is 0 Å². The molecule has 36 heavy (non-hydrogen) atoms. The molecule has 0 aromatic heterocycles. The molecule has 0 unspecified atom stereocenters. The molecular weight excluding hydrogens is 682 g/mol. The normalized spacial score (nSPS) is 22.3. The van der Waals surface area contributed by atoms with Crippen molar-refractivity contribution in [2.75, 3.05) is 54.4 Å². The minimum Gasteiger partial charge on any atom is -1.00 e. The lowest BCUT2D eigenvalue weighted by molar-refractivity contribution is -0.857. The van der Waals surface area contributed by atoms with Crippen molar-refractivity contribution in [1.82, 2.24) is 9.80 Å². The van der Waals surface area contributed by atoms with Gasteiger partial charge in [-0.3, -0.25) is 0 Å². The summed E-state index contributed by atoms with van der Waals surface area (Å²) in [6.45, 7) is 2.56. The van der Waals surface area contributed by atoms with Crippen LogP contribution < -0.4 is 57.8 Å². The van der Waals surface area contributed by atoms with E-state index in [1.807, 2.05) is 70.5 Å². The third-order valence-electron chi connectivity index (χ3n) is 6.71. The molecule has 1 saturated heterocycles. The third kappa shape index (κ3) is 9.09. The lowest BCUT2D eigenvalue weighted by atomic mass is 9.91.